The molecule has 0 radical (unpaired) electrons. The second-order valence-electron chi connectivity index (χ2n) is 10.2. The zero-order valence-electron chi connectivity index (χ0n) is 23.4. The number of sulfonamides is 1. The topological polar surface area (TPSA) is 113 Å². The highest BCUT2D eigenvalue weighted by molar-refractivity contribution is 7.90. The van der Waals surface area contributed by atoms with Gasteiger partial charge in [-0.05, 0) is 55.7 Å². The number of carbonyl (C=O) groups excluding carboxylic acids is 3. The third-order valence-corrected chi connectivity index (χ3v) is 8.69. The summed E-state index contributed by atoms with van der Waals surface area (Å²) in [6.07, 6.45) is 0.347. The van der Waals surface area contributed by atoms with Crippen molar-refractivity contribution in [3.05, 3.63) is 95.6 Å². The van der Waals surface area contributed by atoms with Crippen LogP contribution in [0.5, 0.6) is 5.75 Å². The highest BCUT2D eigenvalue weighted by Gasteiger charge is 2.40. The van der Waals surface area contributed by atoms with Crippen LogP contribution in [0, 0.1) is 0 Å². The van der Waals surface area contributed by atoms with E-state index in [1.54, 1.807) is 25.3 Å². The normalized spacial score (nSPS) is 14.4. The van der Waals surface area contributed by atoms with E-state index in [4.69, 9.17) is 4.74 Å². The van der Waals surface area contributed by atoms with Crippen LogP contribution in [0.15, 0.2) is 83.8 Å². The molecule has 0 aromatic heterocycles. The molecule has 1 aliphatic heterocycles. The molecule has 3 aromatic rings. The Kier molecular flexibility index (Phi) is 9.44. The molecule has 216 valence electrons. The molecule has 1 atom stereocenters. The fraction of sp³-hybridized carbons (Fsp3) is 0.323. The first kappa shape index (κ1) is 29.8. The Bertz CT molecular complexity index is 1510. The number of rotatable bonds is 12. The highest BCUT2D eigenvalue weighted by Crippen LogP contribution is 2.30. The number of methoxy groups -OCH3 is 1. The van der Waals surface area contributed by atoms with Crippen LogP contribution in [0.2, 0.25) is 0 Å². The number of hydrogen-bond acceptors (Lipinski definition) is 6. The number of benzene rings is 3. The van der Waals surface area contributed by atoms with E-state index in [0.717, 1.165) is 15.4 Å². The Labute approximate surface area is 241 Å². The molecule has 0 aliphatic carbocycles. The van der Waals surface area contributed by atoms with Gasteiger partial charge in [0.25, 0.3) is 15.9 Å². The van der Waals surface area contributed by atoms with E-state index in [9.17, 15) is 22.8 Å². The van der Waals surface area contributed by atoms with Gasteiger partial charge < -0.3 is 15.0 Å². The second-order valence-corrected chi connectivity index (χ2v) is 12.1. The predicted octanol–water partition coefficient (Wildman–Crippen LogP) is 3.78. The van der Waals surface area contributed by atoms with Gasteiger partial charge in [-0.1, -0.05) is 54.6 Å². The maximum Gasteiger partial charge on any atom is 0.269 e. The molecule has 10 heteroatoms. The predicted molar refractivity (Wildman–Crippen MR) is 155 cm³/mol. The van der Waals surface area contributed by atoms with E-state index >= 15 is 0 Å². The van der Waals surface area contributed by atoms with Crippen molar-refractivity contribution in [2.24, 2.45) is 0 Å². The van der Waals surface area contributed by atoms with E-state index in [1.807, 2.05) is 62.4 Å². The molecule has 1 heterocycles. The maximum absolute atomic E-state index is 13.8. The van der Waals surface area contributed by atoms with Crippen LogP contribution in [-0.4, -0.2) is 61.1 Å². The van der Waals surface area contributed by atoms with Crippen molar-refractivity contribution in [3.8, 4) is 5.75 Å². The van der Waals surface area contributed by atoms with Crippen molar-refractivity contribution in [1.82, 2.24) is 14.5 Å². The molecule has 41 heavy (non-hydrogen) atoms. The van der Waals surface area contributed by atoms with E-state index in [1.165, 1.54) is 17.0 Å². The molecule has 0 fully saturated rings. The Morgan fingerprint density at radius 3 is 2.32 bits per heavy atom. The minimum Gasteiger partial charge on any atom is -0.497 e. The van der Waals surface area contributed by atoms with Gasteiger partial charge in [-0.15, -0.1) is 0 Å². The van der Waals surface area contributed by atoms with Gasteiger partial charge in [0.15, 0.2) is 0 Å². The average Bonchev–Trinajstić information content (AvgIpc) is 3.15. The summed E-state index contributed by atoms with van der Waals surface area (Å²) in [5, 5.41) is 2.94. The van der Waals surface area contributed by atoms with Crippen molar-refractivity contribution in [2.45, 2.75) is 56.6 Å². The molecule has 0 unspecified atom stereocenters. The molecule has 4 rings (SSSR count). The van der Waals surface area contributed by atoms with Crippen molar-refractivity contribution in [2.75, 3.05) is 13.7 Å². The fourth-order valence-corrected chi connectivity index (χ4v) is 6.48. The SMILES string of the molecule is COc1cccc(CN(C(=O)CCCN2C(=O)c3ccccc3S2(=O)=O)[C@@H](Cc2ccccc2)C(=O)NC(C)C)c1. The number of hydrogen-bond donors (Lipinski definition) is 1. The largest absolute Gasteiger partial charge is 0.497 e. The molecule has 0 saturated heterocycles. The molecule has 0 bridgehead atoms. The first-order chi connectivity index (χ1) is 19.6. The fourth-order valence-electron chi connectivity index (χ4n) is 4.87. The number of nitrogens with one attached hydrogen (secondary N) is 1. The Morgan fingerprint density at radius 1 is 0.951 bits per heavy atom. The van der Waals surface area contributed by atoms with Crippen molar-refractivity contribution in [3.63, 3.8) is 0 Å². The van der Waals surface area contributed by atoms with Crippen LogP contribution < -0.4 is 10.1 Å². The minimum atomic E-state index is -3.97. The average molecular weight is 578 g/mol. The number of fused-ring (bicyclic) bond motifs is 1. The Morgan fingerprint density at radius 2 is 1.63 bits per heavy atom. The lowest BCUT2D eigenvalue weighted by atomic mass is 10.0. The number of carbonyl (C=O) groups is 3. The lowest BCUT2D eigenvalue weighted by Crippen LogP contribution is -2.51. The first-order valence-corrected chi connectivity index (χ1v) is 15.0. The lowest BCUT2D eigenvalue weighted by Gasteiger charge is -2.32. The standard InChI is InChI=1S/C31H35N3O6S/c1-22(2)32-30(36)27(20-23-11-5-4-6-12-23)33(21-24-13-9-14-25(19-24)40-3)29(35)17-10-18-34-31(37)26-15-7-8-16-28(26)41(34,38)39/h4-9,11-16,19,22,27H,10,17-18,20-21H2,1-3H3,(H,32,36)/t27-/m0/s1. The molecule has 3 aromatic carbocycles. The summed E-state index contributed by atoms with van der Waals surface area (Å²) in [6, 6.07) is 21.9. The summed E-state index contributed by atoms with van der Waals surface area (Å²) in [6.45, 7) is 3.72. The van der Waals surface area contributed by atoms with E-state index in [0.29, 0.717) is 12.2 Å². The Hall–Kier alpha value is -4.18. The van der Waals surface area contributed by atoms with Crippen molar-refractivity contribution in [1.29, 1.82) is 0 Å². The molecule has 1 aliphatic rings. The molecular weight excluding hydrogens is 542 g/mol. The van der Waals surface area contributed by atoms with Crippen LogP contribution in [0.4, 0.5) is 0 Å². The van der Waals surface area contributed by atoms with Gasteiger partial charge in [0.1, 0.15) is 16.7 Å². The smallest absolute Gasteiger partial charge is 0.269 e. The molecule has 1 N–H and O–H groups in total. The summed E-state index contributed by atoms with van der Waals surface area (Å²) in [7, 11) is -2.42. The summed E-state index contributed by atoms with van der Waals surface area (Å²) in [5.41, 5.74) is 1.80. The maximum atomic E-state index is 13.8. The molecule has 0 saturated carbocycles. The van der Waals surface area contributed by atoms with E-state index in [2.05, 4.69) is 5.32 Å². The van der Waals surface area contributed by atoms with Gasteiger partial charge in [0.2, 0.25) is 11.8 Å². The van der Waals surface area contributed by atoms with Crippen LogP contribution in [0.3, 0.4) is 0 Å². The lowest BCUT2D eigenvalue weighted by molar-refractivity contribution is -0.141. The quantitative estimate of drug-likeness (QED) is 0.351. The molecular formula is C31H35N3O6S. The zero-order chi connectivity index (χ0) is 29.6. The van der Waals surface area contributed by atoms with Crippen LogP contribution >= 0.6 is 0 Å². The monoisotopic (exact) mass is 577 g/mol. The van der Waals surface area contributed by atoms with Gasteiger partial charge >= 0.3 is 0 Å². The van der Waals surface area contributed by atoms with Gasteiger partial charge in [0, 0.05) is 32.0 Å². The highest BCUT2D eigenvalue weighted by atomic mass is 32.2. The summed E-state index contributed by atoms with van der Waals surface area (Å²) in [4.78, 5) is 41.6. The second kappa shape index (κ2) is 13.0. The van der Waals surface area contributed by atoms with E-state index in [-0.39, 0.29) is 54.2 Å². The Balaban J connectivity index is 1.58. The minimum absolute atomic E-state index is 0.0238. The van der Waals surface area contributed by atoms with Crippen LogP contribution in [0.1, 0.15) is 48.2 Å². The third kappa shape index (κ3) is 6.94. The summed E-state index contributed by atoms with van der Waals surface area (Å²) in [5.74, 6) is -0.583. The number of nitrogens with zero attached hydrogens (tertiary/aromatic N) is 2. The van der Waals surface area contributed by atoms with Crippen LogP contribution in [0.25, 0.3) is 0 Å². The van der Waals surface area contributed by atoms with Crippen LogP contribution in [-0.2, 0) is 32.6 Å². The van der Waals surface area contributed by atoms with Gasteiger partial charge in [-0.2, -0.15) is 0 Å². The van der Waals surface area contributed by atoms with Crippen molar-refractivity contribution >= 4 is 27.7 Å². The molecule has 3 amide bonds. The number of amides is 3. The summed E-state index contributed by atoms with van der Waals surface area (Å²) < 4.78 is 32.1. The molecule has 0 spiro atoms. The summed E-state index contributed by atoms with van der Waals surface area (Å²) >= 11 is 0. The zero-order valence-corrected chi connectivity index (χ0v) is 24.3. The third-order valence-electron chi connectivity index (χ3n) is 6.85. The van der Waals surface area contributed by atoms with Crippen molar-refractivity contribution < 1.29 is 27.5 Å². The first-order valence-electron chi connectivity index (χ1n) is 13.5. The van der Waals surface area contributed by atoms with Gasteiger partial charge in [-0.3, -0.25) is 14.4 Å². The number of ether oxygens (including phenoxy) is 1. The van der Waals surface area contributed by atoms with Gasteiger partial charge in [0.05, 0.1) is 12.7 Å². The van der Waals surface area contributed by atoms with Gasteiger partial charge in [-0.25, -0.2) is 12.7 Å². The van der Waals surface area contributed by atoms with E-state index < -0.39 is 22.0 Å². The molecule has 9 nitrogen and oxygen atoms in total.